The van der Waals surface area contributed by atoms with Gasteiger partial charge in [-0.2, -0.15) is 0 Å². The molecule has 0 bridgehead atoms. The Labute approximate surface area is 91.4 Å². The molecule has 0 fully saturated rings. The summed E-state index contributed by atoms with van der Waals surface area (Å²) in [5.74, 6) is 1.32. The Balaban J connectivity index is 2.49. The van der Waals surface area contributed by atoms with E-state index in [0.717, 1.165) is 17.9 Å². The molecular weight excluding hydrogens is 190 g/mol. The van der Waals surface area contributed by atoms with E-state index in [0.29, 0.717) is 19.1 Å². The van der Waals surface area contributed by atoms with Crippen molar-refractivity contribution in [1.29, 1.82) is 0 Å². The van der Waals surface area contributed by atoms with Gasteiger partial charge in [-0.3, -0.25) is 4.98 Å². The predicted octanol–water partition coefficient (Wildman–Crippen LogP) is 2.62. The van der Waals surface area contributed by atoms with Gasteiger partial charge in [0.25, 0.3) is 0 Å². The molecule has 1 aromatic heterocycles. The third-order valence-electron chi connectivity index (χ3n) is 2.43. The van der Waals surface area contributed by atoms with E-state index < -0.39 is 0 Å². The number of hydrogen-bond donors (Lipinski definition) is 0. The van der Waals surface area contributed by atoms with Gasteiger partial charge in [-0.1, -0.05) is 13.8 Å². The lowest BCUT2D eigenvalue weighted by atomic mass is 10.0. The molecule has 0 radical (unpaired) electrons. The number of methoxy groups -OCH3 is 1. The highest BCUT2D eigenvalue weighted by atomic mass is 16.5. The van der Waals surface area contributed by atoms with Gasteiger partial charge >= 0.3 is 0 Å². The summed E-state index contributed by atoms with van der Waals surface area (Å²) in [6, 6.07) is 3.99. The van der Waals surface area contributed by atoms with Crippen molar-refractivity contribution in [2.24, 2.45) is 0 Å². The Morgan fingerprint density at radius 1 is 1.33 bits per heavy atom. The van der Waals surface area contributed by atoms with Crippen LogP contribution in [-0.4, -0.2) is 25.3 Å². The van der Waals surface area contributed by atoms with Gasteiger partial charge in [0.15, 0.2) is 0 Å². The second-order valence-corrected chi connectivity index (χ2v) is 3.57. The van der Waals surface area contributed by atoms with Gasteiger partial charge in [0.1, 0.15) is 12.4 Å². The van der Waals surface area contributed by atoms with Crippen LogP contribution in [0.3, 0.4) is 0 Å². The number of ether oxygens (including phenoxy) is 2. The van der Waals surface area contributed by atoms with Crippen LogP contribution >= 0.6 is 0 Å². The molecule has 1 rings (SSSR count). The lowest BCUT2D eigenvalue weighted by molar-refractivity contribution is 0.146. The quantitative estimate of drug-likeness (QED) is 0.675. The molecule has 0 saturated heterocycles. The van der Waals surface area contributed by atoms with Crippen LogP contribution in [0.5, 0.6) is 5.75 Å². The predicted molar refractivity (Wildman–Crippen MR) is 60.3 cm³/mol. The summed E-state index contributed by atoms with van der Waals surface area (Å²) in [6.45, 7) is 5.51. The smallest absolute Gasteiger partial charge is 0.137 e. The molecular formula is C12H19NO2. The summed E-state index contributed by atoms with van der Waals surface area (Å²) in [4.78, 5) is 4.36. The van der Waals surface area contributed by atoms with E-state index in [1.165, 1.54) is 0 Å². The Morgan fingerprint density at radius 2 is 2.13 bits per heavy atom. The van der Waals surface area contributed by atoms with E-state index >= 15 is 0 Å². The van der Waals surface area contributed by atoms with Crippen molar-refractivity contribution >= 4 is 0 Å². The van der Waals surface area contributed by atoms with Crippen molar-refractivity contribution in [2.45, 2.75) is 26.2 Å². The van der Waals surface area contributed by atoms with E-state index in [4.69, 9.17) is 9.47 Å². The summed E-state index contributed by atoms with van der Waals surface area (Å²) < 4.78 is 10.3. The normalized spacial score (nSPS) is 12.5. The lowest BCUT2D eigenvalue weighted by Crippen LogP contribution is -2.05. The van der Waals surface area contributed by atoms with Gasteiger partial charge < -0.3 is 9.47 Å². The Bertz CT molecular complexity index is 271. The Morgan fingerprint density at radius 3 is 2.67 bits per heavy atom. The monoisotopic (exact) mass is 209 g/mol. The number of rotatable bonds is 6. The fourth-order valence-corrected chi connectivity index (χ4v) is 1.22. The third-order valence-corrected chi connectivity index (χ3v) is 2.43. The van der Waals surface area contributed by atoms with Crippen molar-refractivity contribution in [3.05, 3.63) is 24.0 Å². The molecule has 3 nitrogen and oxygen atoms in total. The van der Waals surface area contributed by atoms with Crippen molar-refractivity contribution in [3.63, 3.8) is 0 Å². The van der Waals surface area contributed by atoms with Crippen molar-refractivity contribution in [3.8, 4) is 5.75 Å². The molecule has 15 heavy (non-hydrogen) atoms. The average molecular weight is 209 g/mol. The van der Waals surface area contributed by atoms with Gasteiger partial charge in [0.05, 0.1) is 12.8 Å². The van der Waals surface area contributed by atoms with Crippen LogP contribution in [0.1, 0.15) is 31.9 Å². The fraction of sp³-hybridized carbons (Fsp3) is 0.583. The van der Waals surface area contributed by atoms with Crippen LogP contribution < -0.4 is 4.74 Å². The molecule has 84 valence electrons. The zero-order valence-corrected chi connectivity index (χ0v) is 9.69. The molecule has 0 aromatic carbocycles. The van der Waals surface area contributed by atoms with Gasteiger partial charge in [-0.25, -0.2) is 0 Å². The highest BCUT2D eigenvalue weighted by Gasteiger charge is 2.03. The zero-order chi connectivity index (χ0) is 11.1. The maximum absolute atomic E-state index is 5.43. The summed E-state index contributed by atoms with van der Waals surface area (Å²) >= 11 is 0. The fourth-order valence-electron chi connectivity index (χ4n) is 1.22. The molecule has 1 unspecified atom stereocenters. The van der Waals surface area contributed by atoms with Gasteiger partial charge in [-0.05, 0) is 24.5 Å². The summed E-state index contributed by atoms with van der Waals surface area (Å²) in [5.41, 5.74) is 1.12. The van der Waals surface area contributed by atoms with Crippen LogP contribution in [0.4, 0.5) is 0 Å². The summed E-state index contributed by atoms with van der Waals surface area (Å²) in [5, 5.41) is 0. The van der Waals surface area contributed by atoms with Crippen molar-refractivity contribution < 1.29 is 9.47 Å². The van der Waals surface area contributed by atoms with Gasteiger partial charge in [0.2, 0.25) is 0 Å². The van der Waals surface area contributed by atoms with E-state index in [-0.39, 0.29) is 0 Å². The standard InChI is InChI=1S/C12H19NO2/c1-4-10(2)12-6-5-11(9-13-12)15-8-7-14-3/h5-6,9-10H,4,7-8H2,1-3H3. The molecule has 0 aliphatic heterocycles. The SMILES string of the molecule is CCC(C)c1ccc(OCCOC)cn1. The Hall–Kier alpha value is -1.09. The number of aromatic nitrogens is 1. The minimum atomic E-state index is 0.512. The first kappa shape index (κ1) is 12.0. The van der Waals surface area contributed by atoms with E-state index in [1.54, 1.807) is 13.3 Å². The largest absolute Gasteiger partial charge is 0.490 e. The number of nitrogens with zero attached hydrogens (tertiary/aromatic N) is 1. The van der Waals surface area contributed by atoms with Crippen LogP contribution in [-0.2, 0) is 4.74 Å². The molecule has 0 N–H and O–H groups in total. The first-order chi connectivity index (χ1) is 7.27. The third kappa shape index (κ3) is 3.88. The van der Waals surface area contributed by atoms with Crippen molar-refractivity contribution in [2.75, 3.05) is 20.3 Å². The highest BCUT2D eigenvalue weighted by molar-refractivity contribution is 5.21. The van der Waals surface area contributed by atoms with E-state index in [1.807, 2.05) is 12.1 Å². The van der Waals surface area contributed by atoms with E-state index in [2.05, 4.69) is 18.8 Å². The van der Waals surface area contributed by atoms with Crippen LogP contribution in [0.2, 0.25) is 0 Å². The minimum Gasteiger partial charge on any atom is -0.490 e. The Kier molecular flexibility index (Phi) is 5.12. The maximum Gasteiger partial charge on any atom is 0.137 e. The zero-order valence-electron chi connectivity index (χ0n) is 9.69. The number of hydrogen-bond acceptors (Lipinski definition) is 3. The van der Waals surface area contributed by atoms with Crippen LogP contribution in [0.25, 0.3) is 0 Å². The minimum absolute atomic E-state index is 0.512. The molecule has 0 amide bonds. The second-order valence-electron chi connectivity index (χ2n) is 3.57. The molecule has 0 aliphatic carbocycles. The molecule has 1 heterocycles. The molecule has 0 spiro atoms. The summed E-state index contributed by atoms with van der Waals surface area (Å²) in [7, 11) is 1.66. The molecule has 0 aliphatic rings. The van der Waals surface area contributed by atoms with Crippen LogP contribution in [0.15, 0.2) is 18.3 Å². The van der Waals surface area contributed by atoms with Crippen LogP contribution in [0, 0.1) is 0 Å². The highest BCUT2D eigenvalue weighted by Crippen LogP contribution is 2.18. The second kappa shape index (κ2) is 6.40. The molecule has 1 atom stereocenters. The molecule has 3 heteroatoms. The topological polar surface area (TPSA) is 31.4 Å². The van der Waals surface area contributed by atoms with Crippen molar-refractivity contribution in [1.82, 2.24) is 4.98 Å². The maximum atomic E-state index is 5.43. The number of pyridine rings is 1. The van der Waals surface area contributed by atoms with E-state index in [9.17, 15) is 0 Å². The first-order valence-electron chi connectivity index (χ1n) is 5.35. The first-order valence-corrected chi connectivity index (χ1v) is 5.35. The lowest BCUT2D eigenvalue weighted by Gasteiger charge is -2.09. The van der Waals surface area contributed by atoms with Gasteiger partial charge in [-0.15, -0.1) is 0 Å². The average Bonchev–Trinajstić information content (AvgIpc) is 2.29. The molecule has 1 aromatic rings. The summed E-state index contributed by atoms with van der Waals surface area (Å²) in [6.07, 6.45) is 2.88. The van der Waals surface area contributed by atoms with Gasteiger partial charge in [0, 0.05) is 12.8 Å². The molecule has 0 saturated carbocycles.